The average Bonchev–Trinajstić information content (AvgIpc) is 3.33. The van der Waals surface area contributed by atoms with E-state index in [9.17, 15) is 18.8 Å². The fourth-order valence-electron chi connectivity index (χ4n) is 4.09. The van der Waals surface area contributed by atoms with Gasteiger partial charge in [0.2, 0.25) is 11.8 Å². The second-order valence-corrected chi connectivity index (χ2v) is 8.39. The van der Waals surface area contributed by atoms with Gasteiger partial charge in [-0.2, -0.15) is 0 Å². The van der Waals surface area contributed by atoms with E-state index in [4.69, 9.17) is 20.3 Å². The molecular formula is C25H30FN3O6. The molecule has 35 heavy (non-hydrogen) atoms. The molecule has 0 radical (unpaired) electrons. The SMILES string of the molecule is COc1cc(CNC(=O)[C@@H]2CCCN2C(=O)C[C@H](N)Cc2ccccc2F)ccc1OCC(=O)O. The number of hydrogen-bond acceptors (Lipinski definition) is 6. The maximum absolute atomic E-state index is 13.9. The van der Waals surface area contributed by atoms with Crippen molar-refractivity contribution in [1.29, 1.82) is 0 Å². The van der Waals surface area contributed by atoms with Crippen molar-refractivity contribution < 1.29 is 33.4 Å². The molecule has 1 saturated heterocycles. The van der Waals surface area contributed by atoms with Gasteiger partial charge in [0.15, 0.2) is 18.1 Å². The van der Waals surface area contributed by atoms with Crippen LogP contribution in [0.15, 0.2) is 42.5 Å². The van der Waals surface area contributed by atoms with Crippen LogP contribution in [0.1, 0.15) is 30.4 Å². The number of halogens is 1. The highest BCUT2D eigenvalue weighted by molar-refractivity contribution is 5.88. The van der Waals surface area contributed by atoms with Crippen molar-refractivity contribution in [3.05, 3.63) is 59.4 Å². The quantitative estimate of drug-likeness (QED) is 0.441. The number of nitrogens with one attached hydrogen (secondary N) is 1. The Morgan fingerprint density at radius 3 is 2.71 bits per heavy atom. The zero-order chi connectivity index (χ0) is 25.4. The van der Waals surface area contributed by atoms with Crippen molar-refractivity contribution in [3.63, 3.8) is 0 Å². The number of aliphatic carboxylic acids is 1. The number of rotatable bonds is 11. The molecular weight excluding hydrogens is 457 g/mol. The number of carbonyl (C=O) groups is 3. The van der Waals surface area contributed by atoms with Gasteiger partial charge < -0.3 is 30.5 Å². The van der Waals surface area contributed by atoms with E-state index in [0.29, 0.717) is 30.7 Å². The summed E-state index contributed by atoms with van der Waals surface area (Å²) in [6, 6.07) is 10.1. The lowest BCUT2D eigenvalue weighted by atomic mass is 10.0. The number of carboxylic acids is 1. The standard InChI is InChI=1S/C25H30FN3O6/c1-34-22-11-16(8-9-21(22)35-15-24(31)32)14-28-25(33)20-7-4-10-29(20)23(30)13-18(27)12-17-5-2-3-6-19(17)26/h2-3,5-6,8-9,11,18,20H,4,7,10,12-15,27H2,1H3,(H,28,33)(H,31,32)/t18-,20+/m1/s1. The van der Waals surface area contributed by atoms with E-state index in [1.54, 1.807) is 41.3 Å². The summed E-state index contributed by atoms with van der Waals surface area (Å²) in [5, 5.41) is 11.6. The Balaban J connectivity index is 1.54. The lowest BCUT2D eigenvalue weighted by Crippen LogP contribution is -2.47. The number of nitrogens with zero attached hydrogens (tertiary/aromatic N) is 1. The van der Waals surface area contributed by atoms with Gasteiger partial charge >= 0.3 is 5.97 Å². The van der Waals surface area contributed by atoms with E-state index >= 15 is 0 Å². The predicted molar refractivity (Wildman–Crippen MR) is 125 cm³/mol. The highest BCUT2D eigenvalue weighted by Crippen LogP contribution is 2.28. The van der Waals surface area contributed by atoms with Crippen LogP contribution in [0.2, 0.25) is 0 Å². The summed E-state index contributed by atoms with van der Waals surface area (Å²) in [5.74, 6) is -1.33. The highest BCUT2D eigenvalue weighted by atomic mass is 19.1. The maximum atomic E-state index is 13.9. The lowest BCUT2D eigenvalue weighted by molar-refractivity contribution is -0.139. The summed E-state index contributed by atoms with van der Waals surface area (Å²) in [6.07, 6.45) is 1.51. The summed E-state index contributed by atoms with van der Waals surface area (Å²) >= 11 is 0. The second kappa shape index (κ2) is 12.2. The average molecular weight is 488 g/mol. The molecule has 10 heteroatoms. The Hall–Kier alpha value is -3.66. The molecule has 1 heterocycles. The van der Waals surface area contributed by atoms with Crippen LogP contribution in [0.4, 0.5) is 4.39 Å². The van der Waals surface area contributed by atoms with Crippen molar-refractivity contribution >= 4 is 17.8 Å². The largest absolute Gasteiger partial charge is 0.493 e. The third-order valence-corrected chi connectivity index (χ3v) is 5.80. The van der Waals surface area contributed by atoms with Crippen LogP contribution in [-0.2, 0) is 27.3 Å². The lowest BCUT2D eigenvalue weighted by Gasteiger charge is -2.25. The van der Waals surface area contributed by atoms with E-state index in [2.05, 4.69) is 5.32 Å². The third-order valence-electron chi connectivity index (χ3n) is 5.80. The molecule has 9 nitrogen and oxygen atoms in total. The van der Waals surface area contributed by atoms with Crippen molar-refractivity contribution in [2.45, 2.75) is 44.3 Å². The molecule has 0 saturated carbocycles. The number of methoxy groups -OCH3 is 1. The number of nitrogens with two attached hydrogens (primary N) is 1. The van der Waals surface area contributed by atoms with E-state index in [0.717, 1.165) is 5.56 Å². The summed E-state index contributed by atoms with van der Waals surface area (Å²) < 4.78 is 24.3. The minimum absolute atomic E-state index is 0.0210. The number of ether oxygens (including phenoxy) is 2. The van der Waals surface area contributed by atoms with E-state index in [-0.39, 0.29) is 42.8 Å². The summed E-state index contributed by atoms with van der Waals surface area (Å²) in [5.41, 5.74) is 7.29. The molecule has 2 aromatic rings. The Bertz CT molecular complexity index is 1060. The molecule has 4 N–H and O–H groups in total. The van der Waals surface area contributed by atoms with Crippen LogP contribution in [-0.4, -0.2) is 60.1 Å². The molecule has 3 rings (SSSR count). The van der Waals surface area contributed by atoms with Gasteiger partial charge in [0.05, 0.1) is 7.11 Å². The molecule has 0 aliphatic carbocycles. The Kier molecular flexibility index (Phi) is 9.02. The van der Waals surface area contributed by atoms with Gasteiger partial charge in [0.25, 0.3) is 0 Å². The van der Waals surface area contributed by atoms with Gasteiger partial charge in [-0.25, -0.2) is 9.18 Å². The van der Waals surface area contributed by atoms with E-state index in [1.807, 2.05) is 0 Å². The number of carbonyl (C=O) groups excluding carboxylic acids is 2. The summed E-state index contributed by atoms with van der Waals surface area (Å²) in [7, 11) is 1.43. The van der Waals surface area contributed by atoms with Crippen LogP contribution in [0.5, 0.6) is 11.5 Å². The fourth-order valence-corrected chi connectivity index (χ4v) is 4.09. The molecule has 2 amide bonds. The normalized spacial score (nSPS) is 16.0. The molecule has 0 aromatic heterocycles. The van der Waals surface area contributed by atoms with Crippen molar-refractivity contribution in [2.75, 3.05) is 20.3 Å². The van der Waals surface area contributed by atoms with Crippen LogP contribution in [0.3, 0.4) is 0 Å². The van der Waals surface area contributed by atoms with Crippen molar-refractivity contribution in [3.8, 4) is 11.5 Å². The molecule has 1 aliphatic rings. The topological polar surface area (TPSA) is 131 Å². The monoisotopic (exact) mass is 487 g/mol. The van der Waals surface area contributed by atoms with Crippen molar-refractivity contribution in [1.82, 2.24) is 10.2 Å². The Morgan fingerprint density at radius 1 is 1.23 bits per heavy atom. The van der Waals surface area contributed by atoms with Crippen LogP contribution in [0, 0.1) is 5.82 Å². The van der Waals surface area contributed by atoms with E-state index in [1.165, 1.54) is 13.2 Å². The second-order valence-electron chi connectivity index (χ2n) is 8.39. The first-order chi connectivity index (χ1) is 16.8. The molecule has 1 fully saturated rings. The zero-order valence-electron chi connectivity index (χ0n) is 19.5. The first-order valence-electron chi connectivity index (χ1n) is 11.4. The summed E-state index contributed by atoms with van der Waals surface area (Å²) in [6.45, 7) is 0.161. The molecule has 2 aromatic carbocycles. The van der Waals surface area contributed by atoms with Crippen LogP contribution in [0.25, 0.3) is 0 Å². The van der Waals surface area contributed by atoms with Gasteiger partial charge in [-0.1, -0.05) is 24.3 Å². The molecule has 0 unspecified atom stereocenters. The fraction of sp³-hybridized carbons (Fsp3) is 0.400. The minimum Gasteiger partial charge on any atom is -0.493 e. The third kappa shape index (κ3) is 7.16. The smallest absolute Gasteiger partial charge is 0.341 e. The molecule has 188 valence electrons. The summed E-state index contributed by atoms with van der Waals surface area (Å²) in [4.78, 5) is 37.9. The maximum Gasteiger partial charge on any atom is 0.341 e. The van der Waals surface area contributed by atoms with Gasteiger partial charge in [-0.3, -0.25) is 9.59 Å². The Labute approximate surface area is 203 Å². The van der Waals surface area contributed by atoms with Gasteiger partial charge in [-0.15, -0.1) is 0 Å². The van der Waals surface area contributed by atoms with E-state index < -0.39 is 24.7 Å². The highest BCUT2D eigenvalue weighted by Gasteiger charge is 2.34. The number of hydrogen-bond donors (Lipinski definition) is 3. The van der Waals surface area contributed by atoms with Gasteiger partial charge in [0, 0.05) is 25.6 Å². The first kappa shape index (κ1) is 26.0. The Morgan fingerprint density at radius 2 is 2.00 bits per heavy atom. The predicted octanol–water partition coefficient (Wildman–Crippen LogP) is 1.87. The minimum atomic E-state index is -1.10. The molecule has 0 spiro atoms. The van der Waals surface area contributed by atoms with Gasteiger partial charge in [0.1, 0.15) is 11.9 Å². The zero-order valence-corrected chi connectivity index (χ0v) is 19.5. The number of carboxylic acid groups (broad SMARTS) is 1. The molecule has 0 bridgehead atoms. The first-order valence-corrected chi connectivity index (χ1v) is 11.4. The van der Waals surface area contributed by atoms with Gasteiger partial charge in [-0.05, 0) is 48.6 Å². The van der Waals surface area contributed by atoms with Crippen molar-refractivity contribution in [2.24, 2.45) is 5.73 Å². The van der Waals surface area contributed by atoms with Crippen LogP contribution >= 0.6 is 0 Å². The van der Waals surface area contributed by atoms with Crippen LogP contribution < -0.4 is 20.5 Å². The molecule has 2 atom stereocenters. The number of likely N-dealkylation sites (tertiary alicyclic amines) is 1. The number of amides is 2. The number of benzene rings is 2. The molecule has 1 aliphatic heterocycles.